The molecule has 2 rings (SSSR count). The van der Waals surface area contributed by atoms with Crippen LogP contribution >= 0.6 is 0 Å². The van der Waals surface area contributed by atoms with Crippen LogP contribution in [0.5, 0.6) is 0 Å². The van der Waals surface area contributed by atoms with E-state index in [4.69, 9.17) is 10.3 Å². The number of carbonyl (C=O) groups excluding carboxylic acids is 1. The number of nitrogens with zero attached hydrogens (tertiary/aromatic N) is 4. The second-order valence-electron chi connectivity index (χ2n) is 5.99. The Morgan fingerprint density at radius 2 is 2.13 bits per heavy atom. The fourth-order valence-corrected chi connectivity index (χ4v) is 2.68. The van der Waals surface area contributed by atoms with Gasteiger partial charge in [0.15, 0.2) is 0 Å². The second-order valence-corrected chi connectivity index (χ2v) is 5.99. The van der Waals surface area contributed by atoms with E-state index in [2.05, 4.69) is 34.1 Å². The Morgan fingerprint density at radius 3 is 2.78 bits per heavy atom. The van der Waals surface area contributed by atoms with Crippen LogP contribution in [0.15, 0.2) is 35.4 Å². The van der Waals surface area contributed by atoms with Crippen LogP contribution in [-0.2, 0) is 11.3 Å². The van der Waals surface area contributed by atoms with E-state index in [9.17, 15) is 4.79 Å². The van der Waals surface area contributed by atoms with Crippen LogP contribution in [0.25, 0.3) is 10.4 Å². The van der Waals surface area contributed by atoms with Gasteiger partial charge in [-0.1, -0.05) is 49.3 Å². The summed E-state index contributed by atoms with van der Waals surface area (Å²) in [5, 5.41) is 6.60. The van der Waals surface area contributed by atoms with Gasteiger partial charge in [0.05, 0.1) is 12.1 Å². The van der Waals surface area contributed by atoms with E-state index >= 15 is 0 Å². The van der Waals surface area contributed by atoms with E-state index in [1.54, 1.807) is 0 Å². The van der Waals surface area contributed by atoms with E-state index in [1.165, 1.54) is 5.92 Å². The molecule has 23 heavy (non-hydrogen) atoms. The summed E-state index contributed by atoms with van der Waals surface area (Å²) in [6, 6.07) is 8.99. The molecule has 1 amide bonds. The summed E-state index contributed by atoms with van der Waals surface area (Å²) >= 11 is 0. The molecular weight excluding hydrogens is 294 g/mol. The number of alkyl carbamates (subject to hydrolysis) is 1. The highest BCUT2D eigenvalue weighted by molar-refractivity contribution is 5.67. The zero-order chi connectivity index (χ0) is 16.7. The van der Waals surface area contributed by atoms with Gasteiger partial charge in [0.1, 0.15) is 6.61 Å². The number of hydrogen-bond acceptors (Lipinski definition) is 4. The van der Waals surface area contributed by atoms with E-state index < -0.39 is 6.09 Å². The molecule has 1 aliphatic rings. The first-order valence-electron chi connectivity index (χ1n) is 7.61. The van der Waals surface area contributed by atoms with Crippen molar-refractivity contribution in [1.82, 2.24) is 10.2 Å². The minimum absolute atomic E-state index is 0.219. The van der Waals surface area contributed by atoms with Gasteiger partial charge < -0.3 is 15.0 Å². The minimum Gasteiger partial charge on any atom is -0.445 e. The van der Waals surface area contributed by atoms with Gasteiger partial charge in [-0.2, -0.15) is 0 Å². The van der Waals surface area contributed by atoms with Crippen molar-refractivity contribution in [1.29, 1.82) is 0 Å². The normalized spacial score (nSPS) is 21.0. The third kappa shape index (κ3) is 5.47. The van der Waals surface area contributed by atoms with Gasteiger partial charge in [0.25, 0.3) is 0 Å². The monoisotopic (exact) mass is 316 g/mol. The second kappa shape index (κ2) is 8.41. The molecule has 1 aromatic carbocycles. The highest BCUT2D eigenvalue weighted by atomic mass is 16.5. The summed E-state index contributed by atoms with van der Waals surface area (Å²) in [4.78, 5) is 17.0. The third-order valence-corrected chi connectivity index (χ3v) is 3.62. The summed E-state index contributed by atoms with van der Waals surface area (Å²) in [6.07, 6.45) is -0.490. The van der Waals surface area contributed by atoms with E-state index in [-0.39, 0.29) is 18.7 Å². The molecule has 1 radical (unpaired) electrons. The van der Waals surface area contributed by atoms with Crippen molar-refractivity contribution < 1.29 is 9.53 Å². The van der Waals surface area contributed by atoms with Crippen LogP contribution in [0.3, 0.4) is 0 Å². The number of benzene rings is 1. The summed E-state index contributed by atoms with van der Waals surface area (Å²) in [5.41, 5.74) is 9.62. The van der Waals surface area contributed by atoms with Gasteiger partial charge in [-0.15, -0.1) is 0 Å². The van der Waals surface area contributed by atoms with Gasteiger partial charge in [-0.05, 0) is 17.0 Å². The Kier molecular flexibility index (Phi) is 6.26. The summed E-state index contributed by atoms with van der Waals surface area (Å²) < 4.78 is 5.22. The Labute approximate surface area is 136 Å². The highest BCUT2D eigenvalue weighted by Gasteiger charge is 2.33. The minimum atomic E-state index is -0.490. The van der Waals surface area contributed by atoms with Crippen LogP contribution in [0, 0.1) is 5.92 Å². The molecule has 0 unspecified atom stereocenters. The maximum atomic E-state index is 12.0. The van der Waals surface area contributed by atoms with Crippen molar-refractivity contribution in [2.75, 3.05) is 19.6 Å². The molecule has 7 heteroatoms. The van der Waals surface area contributed by atoms with Gasteiger partial charge in [0, 0.05) is 24.5 Å². The topological polar surface area (TPSA) is 90.3 Å². The van der Waals surface area contributed by atoms with Crippen LogP contribution in [-0.4, -0.2) is 42.7 Å². The maximum absolute atomic E-state index is 12.0. The van der Waals surface area contributed by atoms with Crippen LogP contribution in [0.2, 0.25) is 0 Å². The molecule has 123 valence electrons. The Hall–Kier alpha value is -2.24. The van der Waals surface area contributed by atoms with Crippen molar-refractivity contribution in [3.8, 4) is 0 Å². The van der Waals surface area contributed by atoms with Crippen molar-refractivity contribution in [3.63, 3.8) is 0 Å². The van der Waals surface area contributed by atoms with Gasteiger partial charge >= 0.3 is 6.09 Å². The first-order valence-corrected chi connectivity index (χ1v) is 7.61. The van der Waals surface area contributed by atoms with Crippen molar-refractivity contribution in [3.05, 3.63) is 52.3 Å². The smallest absolute Gasteiger partial charge is 0.407 e. The number of nitrogens with one attached hydrogen (secondary N) is 1. The average molecular weight is 316 g/mol. The molecule has 1 N–H and O–H groups in total. The number of ether oxygens (including phenoxy) is 1. The van der Waals surface area contributed by atoms with E-state index in [0.717, 1.165) is 12.1 Å². The molecule has 0 aliphatic carbocycles. The largest absolute Gasteiger partial charge is 0.445 e. The first kappa shape index (κ1) is 17.1. The molecular formula is C16H22N5O2. The summed E-state index contributed by atoms with van der Waals surface area (Å²) in [5.74, 6) is 1.27. The van der Waals surface area contributed by atoms with Crippen molar-refractivity contribution in [2.24, 2.45) is 5.11 Å². The van der Waals surface area contributed by atoms with Gasteiger partial charge in [-0.25, -0.2) is 4.79 Å². The molecule has 2 atom stereocenters. The van der Waals surface area contributed by atoms with E-state index in [1.807, 2.05) is 30.3 Å². The predicted octanol–water partition coefficient (Wildman–Crippen LogP) is 2.89. The Morgan fingerprint density at radius 1 is 1.39 bits per heavy atom. The number of hydrogen-bond donors (Lipinski definition) is 1. The molecule has 1 aromatic rings. The molecule has 7 nitrogen and oxygen atoms in total. The fraction of sp³-hybridized carbons (Fsp3) is 0.500. The van der Waals surface area contributed by atoms with Crippen molar-refractivity contribution >= 4 is 6.09 Å². The van der Waals surface area contributed by atoms with Gasteiger partial charge in [-0.3, -0.25) is 0 Å². The lowest BCUT2D eigenvalue weighted by Crippen LogP contribution is -2.42. The summed E-state index contributed by atoms with van der Waals surface area (Å²) in [7, 11) is 0. The van der Waals surface area contributed by atoms with Crippen molar-refractivity contribution in [2.45, 2.75) is 32.5 Å². The molecule has 0 aromatic heterocycles. The predicted molar refractivity (Wildman–Crippen MR) is 87.5 cm³/mol. The Bertz CT molecular complexity index is 557. The number of likely N-dealkylation sites (tertiary alicyclic amines) is 1. The molecule has 0 saturated carbocycles. The molecule has 0 bridgehead atoms. The average Bonchev–Trinajstić information content (AvgIpc) is 2.87. The molecule has 1 aliphatic heterocycles. The molecule has 1 saturated heterocycles. The summed E-state index contributed by atoms with van der Waals surface area (Å²) in [6.45, 7) is 6.44. The number of rotatable bonds is 6. The maximum Gasteiger partial charge on any atom is 0.407 e. The highest BCUT2D eigenvalue weighted by Crippen LogP contribution is 2.16. The zero-order valence-corrected chi connectivity index (χ0v) is 13.5. The lowest BCUT2D eigenvalue weighted by molar-refractivity contribution is 0.135. The zero-order valence-electron chi connectivity index (χ0n) is 13.5. The quantitative estimate of drug-likeness (QED) is 0.497. The SMILES string of the molecule is C[C](C)CN1C[C@H](N=[N+]=[N-])[C@H](NC(=O)OCc2ccccc2)C1. The fourth-order valence-electron chi connectivity index (χ4n) is 2.68. The van der Waals surface area contributed by atoms with Crippen LogP contribution in [0.1, 0.15) is 19.4 Å². The lowest BCUT2D eigenvalue weighted by Gasteiger charge is -2.18. The molecule has 1 heterocycles. The molecule has 0 spiro atoms. The number of azide groups is 1. The molecule has 1 fully saturated rings. The van der Waals surface area contributed by atoms with Gasteiger partial charge in [0.2, 0.25) is 0 Å². The standard InChI is InChI=1S/C16H22N5O2/c1-12(2)8-21-9-14(15(10-21)19-20-17)18-16(22)23-11-13-6-4-3-5-7-13/h3-7,14-15H,8-11H2,1-2H3,(H,18,22)/t14-,15+/m1/s1. The number of amides is 1. The van der Waals surface area contributed by atoms with E-state index in [0.29, 0.717) is 13.1 Å². The number of carbonyl (C=O) groups is 1. The third-order valence-electron chi connectivity index (χ3n) is 3.62. The lowest BCUT2D eigenvalue weighted by atomic mass is 10.2. The van der Waals surface area contributed by atoms with Crippen LogP contribution < -0.4 is 5.32 Å². The first-order chi connectivity index (χ1) is 11.1. The van der Waals surface area contributed by atoms with Crippen LogP contribution in [0.4, 0.5) is 4.79 Å². The Balaban J connectivity index is 1.86.